The molecule has 0 fully saturated rings. The summed E-state index contributed by atoms with van der Waals surface area (Å²) in [5.41, 5.74) is 6.32. The van der Waals surface area contributed by atoms with Crippen LogP contribution in [0.15, 0.2) is 24.3 Å². The van der Waals surface area contributed by atoms with Crippen molar-refractivity contribution >= 4 is 16.7 Å². The number of halogens is 3. The first kappa shape index (κ1) is 15.7. The van der Waals surface area contributed by atoms with Gasteiger partial charge in [-0.05, 0) is 31.2 Å². The monoisotopic (exact) mass is 332 g/mol. The molecule has 1 atom stereocenters. The highest BCUT2D eigenvalue weighted by molar-refractivity contribution is 5.79. The number of aromatic amines is 1. The number of nitrogens with zero attached hydrogens (tertiary/aromatic N) is 4. The number of nitriles is 1. The number of hydrogen-bond acceptors (Lipinski definition) is 5. The summed E-state index contributed by atoms with van der Waals surface area (Å²) < 4.78 is 38.8. The van der Waals surface area contributed by atoms with Crippen molar-refractivity contribution in [2.75, 3.05) is 5.73 Å². The first-order valence-electron chi connectivity index (χ1n) is 6.85. The van der Waals surface area contributed by atoms with E-state index in [1.54, 1.807) is 18.2 Å². The molecule has 9 heteroatoms. The van der Waals surface area contributed by atoms with Crippen LogP contribution in [0.4, 0.5) is 18.9 Å². The molecule has 0 aliphatic rings. The van der Waals surface area contributed by atoms with E-state index in [2.05, 4.69) is 19.9 Å². The molecule has 0 aliphatic heterocycles. The van der Waals surface area contributed by atoms with E-state index in [1.165, 1.54) is 6.92 Å². The van der Waals surface area contributed by atoms with Gasteiger partial charge in [0.1, 0.15) is 11.5 Å². The lowest BCUT2D eigenvalue weighted by atomic mass is 10.1. The molecule has 3 rings (SSSR count). The van der Waals surface area contributed by atoms with Crippen LogP contribution < -0.4 is 5.73 Å². The van der Waals surface area contributed by atoms with Crippen molar-refractivity contribution in [1.82, 2.24) is 19.9 Å². The molecule has 0 radical (unpaired) electrons. The fourth-order valence-electron chi connectivity index (χ4n) is 2.29. The number of aryl methyl sites for hydroxylation is 1. The highest BCUT2D eigenvalue weighted by Gasteiger charge is 2.34. The molecule has 3 N–H and O–H groups in total. The van der Waals surface area contributed by atoms with E-state index in [9.17, 15) is 18.4 Å². The second-order valence-electron chi connectivity index (χ2n) is 5.21. The molecule has 0 aliphatic carbocycles. The Balaban J connectivity index is 2.11. The molecule has 3 aromatic rings. The van der Waals surface area contributed by atoms with Crippen molar-refractivity contribution in [1.29, 1.82) is 5.26 Å². The summed E-state index contributed by atoms with van der Waals surface area (Å²) in [6, 6.07) is 7.64. The average Bonchev–Trinajstić information content (AvgIpc) is 2.89. The van der Waals surface area contributed by atoms with Crippen LogP contribution in [0.3, 0.4) is 0 Å². The van der Waals surface area contributed by atoms with E-state index < -0.39 is 17.8 Å². The Kier molecular flexibility index (Phi) is 3.60. The van der Waals surface area contributed by atoms with Gasteiger partial charge in [-0.3, -0.25) is 0 Å². The first-order valence-corrected chi connectivity index (χ1v) is 6.85. The number of anilines is 1. The van der Waals surface area contributed by atoms with Gasteiger partial charge in [-0.25, -0.2) is 15.0 Å². The van der Waals surface area contributed by atoms with E-state index in [4.69, 9.17) is 5.73 Å². The summed E-state index contributed by atoms with van der Waals surface area (Å²) in [5, 5.41) is 9.40. The molecule has 2 aromatic heterocycles. The number of nitrogen functional groups attached to an aromatic ring is 1. The van der Waals surface area contributed by atoms with Crippen LogP contribution in [-0.2, 0) is 6.18 Å². The molecular weight excluding hydrogens is 321 g/mol. The molecule has 0 saturated carbocycles. The molecule has 1 unspecified atom stereocenters. The lowest BCUT2D eigenvalue weighted by Crippen LogP contribution is -2.14. The van der Waals surface area contributed by atoms with Gasteiger partial charge in [-0.15, -0.1) is 0 Å². The fraction of sp³-hybridized carbons (Fsp3) is 0.200. The van der Waals surface area contributed by atoms with Crippen LogP contribution in [0.1, 0.15) is 29.0 Å². The number of rotatable bonds is 2. The zero-order valence-electron chi connectivity index (χ0n) is 12.4. The van der Waals surface area contributed by atoms with Crippen LogP contribution >= 0.6 is 0 Å². The lowest BCUT2D eigenvalue weighted by molar-refractivity contribution is -0.141. The molecule has 0 saturated heterocycles. The predicted molar refractivity (Wildman–Crippen MR) is 79.7 cm³/mol. The zero-order chi connectivity index (χ0) is 17.5. The maximum Gasteiger partial charge on any atom is 0.433 e. The van der Waals surface area contributed by atoms with Crippen molar-refractivity contribution < 1.29 is 13.2 Å². The molecule has 1 aromatic carbocycles. The molecule has 6 nitrogen and oxygen atoms in total. The average molecular weight is 332 g/mol. The summed E-state index contributed by atoms with van der Waals surface area (Å²) in [5.74, 6) is -1.24. The summed E-state index contributed by atoms with van der Waals surface area (Å²) in [7, 11) is 0. The minimum absolute atomic E-state index is 0.118. The van der Waals surface area contributed by atoms with Gasteiger partial charge in [-0.2, -0.15) is 18.4 Å². The maximum atomic E-state index is 12.9. The van der Waals surface area contributed by atoms with Gasteiger partial charge in [0.15, 0.2) is 11.7 Å². The van der Waals surface area contributed by atoms with Gasteiger partial charge in [0.25, 0.3) is 0 Å². The Bertz CT molecular complexity index is 954. The number of hydrogen-bond donors (Lipinski definition) is 2. The van der Waals surface area contributed by atoms with E-state index in [-0.39, 0.29) is 17.3 Å². The van der Waals surface area contributed by atoms with Gasteiger partial charge in [-0.1, -0.05) is 0 Å². The third-order valence-electron chi connectivity index (χ3n) is 3.35. The van der Waals surface area contributed by atoms with E-state index in [0.29, 0.717) is 16.7 Å². The molecule has 0 amide bonds. The second kappa shape index (κ2) is 5.49. The van der Waals surface area contributed by atoms with Crippen LogP contribution in [-0.4, -0.2) is 19.9 Å². The Morgan fingerprint density at radius 2 is 1.96 bits per heavy atom. The number of nitrogens with two attached hydrogens (primary N) is 1. The summed E-state index contributed by atoms with van der Waals surface area (Å²) in [6.45, 7) is 1.41. The largest absolute Gasteiger partial charge is 0.433 e. The lowest BCUT2D eigenvalue weighted by Gasteiger charge is -2.10. The molecule has 122 valence electrons. The number of benzene rings is 1. The van der Waals surface area contributed by atoms with Gasteiger partial charge in [0, 0.05) is 11.4 Å². The first-order chi connectivity index (χ1) is 11.3. The second-order valence-corrected chi connectivity index (χ2v) is 5.21. The SMILES string of the molecule is Cc1cc(C(F)(F)F)nc(C(C#N)c2nc3ccc(N)cc3[nH]2)n1. The molecule has 0 spiro atoms. The van der Waals surface area contributed by atoms with Crippen molar-refractivity contribution in [3.8, 4) is 6.07 Å². The Labute approximate surface area is 134 Å². The van der Waals surface area contributed by atoms with Crippen LogP contribution in [0, 0.1) is 18.3 Å². The number of imidazole rings is 1. The van der Waals surface area contributed by atoms with E-state index in [0.717, 1.165) is 6.07 Å². The zero-order valence-corrected chi connectivity index (χ0v) is 12.4. The number of fused-ring (bicyclic) bond motifs is 1. The van der Waals surface area contributed by atoms with Crippen molar-refractivity contribution in [2.45, 2.75) is 19.0 Å². The normalized spacial score (nSPS) is 13.0. The Hall–Kier alpha value is -3.15. The van der Waals surface area contributed by atoms with Gasteiger partial charge < -0.3 is 10.7 Å². The maximum absolute atomic E-state index is 12.9. The number of aromatic nitrogens is 4. The van der Waals surface area contributed by atoms with Crippen LogP contribution in [0.5, 0.6) is 0 Å². The van der Waals surface area contributed by atoms with Crippen molar-refractivity contribution in [2.24, 2.45) is 0 Å². The Morgan fingerprint density at radius 3 is 2.62 bits per heavy atom. The molecular formula is C15H11F3N6. The highest BCUT2D eigenvalue weighted by Crippen LogP contribution is 2.30. The number of nitrogens with one attached hydrogen (secondary N) is 1. The summed E-state index contributed by atoms with van der Waals surface area (Å²) in [4.78, 5) is 14.6. The highest BCUT2D eigenvalue weighted by atomic mass is 19.4. The van der Waals surface area contributed by atoms with Gasteiger partial charge in [0.05, 0.1) is 17.1 Å². The van der Waals surface area contributed by atoms with Gasteiger partial charge in [0.2, 0.25) is 0 Å². The third kappa shape index (κ3) is 2.86. The van der Waals surface area contributed by atoms with Crippen molar-refractivity contribution in [3.05, 3.63) is 47.3 Å². The molecule has 2 heterocycles. The predicted octanol–water partition coefficient (Wildman–Crippen LogP) is 2.92. The minimum atomic E-state index is -4.62. The quantitative estimate of drug-likeness (QED) is 0.702. The minimum Gasteiger partial charge on any atom is -0.399 e. The number of H-pyrrole nitrogens is 1. The summed E-state index contributed by atoms with van der Waals surface area (Å²) >= 11 is 0. The summed E-state index contributed by atoms with van der Waals surface area (Å²) in [6.07, 6.45) is -4.62. The fourth-order valence-corrected chi connectivity index (χ4v) is 2.29. The molecule has 24 heavy (non-hydrogen) atoms. The third-order valence-corrected chi connectivity index (χ3v) is 3.35. The van der Waals surface area contributed by atoms with E-state index in [1.807, 2.05) is 6.07 Å². The van der Waals surface area contributed by atoms with Crippen LogP contribution in [0.2, 0.25) is 0 Å². The standard InChI is InChI=1S/C15H11F3N6/c1-7-4-12(15(16,17)18)24-13(21-7)9(6-19)14-22-10-3-2-8(20)5-11(10)23-14/h2-5,9H,20H2,1H3,(H,22,23). The van der Waals surface area contributed by atoms with Crippen molar-refractivity contribution in [3.63, 3.8) is 0 Å². The Morgan fingerprint density at radius 1 is 1.21 bits per heavy atom. The topological polar surface area (TPSA) is 104 Å². The van der Waals surface area contributed by atoms with E-state index >= 15 is 0 Å². The number of alkyl halides is 3. The smallest absolute Gasteiger partial charge is 0.399 e. The van der Waals surface area contributed by atoms with Crippen LogP contribution in [0.25, 0.3) is 11.0 Å². The van der Waals surface area contributed by atoms with Gasteiger partial charge >= 0.3 is 6.18 Å². The molecule has 0 bridgehead atoms.